The number of para-hydroxylation sites is 1. The van der Waals surface area contributed by atoms with Crippen LogP contribution < -0.4 is 11.1 Å². The van der Waals surface area contributed by atoms with Crippen molar-refractivity contribution in [1.29, 1.82) is 5.41 Å². The van der Waals surface area contributed by atoms with Crippen LogP contribution in [0.15, 0.2) is 54.9 Å². The fourth-order valence-electron chi connectivity index (χ4n) is 2.84. The third-order valence-corrected chi connectivity index (χ3v) is 4.51. The molecule has 0 spiro atoms. The molecule has 0 bridgehead atoms. The molecule has 6 heteroatoms. The average Bonchev–Trinajstić information content (AvgIpc) is 2.66. The molecule has 0 amide bonds. The van der Waals surface area contributed by atoms with Crippen molar-refractivity contribution in [2.24, 2.45) is 5.73 Å². The van der Waals surface area contributed by atoms with Gasteiger partial charge in [-0.25, -0.2) is 4.39 Å². The van der Waals surface area contributed by atoms with Gasteiger partial charge in [-0.15, -0.1) is 0 Å². The van der Waals surface area contributed by atoms with E-state index in [2.05, 4.69) is 10.3 Å². The lowest BCUT2D eigenvalue weighted by atomic mass is 10.00. The largest absolute Gasteiger partial charge is 0.404 e. The minimum atomic E-state index is -0.358. The zero-order valence-electron chi connectivity index (χ0n) is 14.1. The normalized spacial score (nSPS) is 12.8. The SMILES string of the molecule is CC(Nc1c(Cl)cnc2ccccc12)c1cc(/C(C=N)=C/N)ccc1F. The number of halogens is 2. The van der Waals surface area contributed by atoms with Crippen LogP contribution in [0.2, 0.25) is 5.02 Å². The summed E-state index contributed by atoms with van der Waals surface area (Å²) in [6, 6.07) is 11.9. The van der Waals surface area contributed by atoms with E-state index in [0.29, 0.717) is 27.4 Å². The van der Waals surface area contributed by atoms with Crippen LogP contribution >= 0.6 is 11.6 Å². The minimum Gasteiger partial charge on any atom is -0.404 e. The molecule has 0 fully saturated rings. The monoisotopic (exact) mass is 368 g/mol. The van der Waals surface area contributed by atoms with Gasteiger partial charge in [0.1, 0.15) is 5.82 Å². The van der Waals surface area contributed by atoms with Gasteiger partial charge in [-0.2, -0.15) is 0 Å². The van der Waals surface area contributed by atoms with E-state index in [0.717, 1.165) is 17.1 Å². The number of pyridine rings is 1. The summed E-state index contributed by atoms with van der Waals surface area (Å²) in [5.74, 6) is -0.343. The first-order valence-corrected chi connectivity index (χ1v) is 8.45. The maximum absolute atomic E-state index is 14.4. The van der Waals surface area contributed by atoms with Crippen LogP contribution in [0, 0.1) is 11.2 Å². The highest BCUT2D eigenvalue weighted by Gasteiger charge is 2.16. The summed E-state index contributed by atoms with van der Waals surface area (Å²) < 4.78 is 14.4. The van der Waals surface area contributed by atoms with Crippen molar-refractivity contribution in [3.63, 3.8) is 0 Å². The number of anilines is 1. The molecule has 1 unspecified atom stereocenters. The van der Waals surface area contributed by atoms with Gasteiger partial charge in [-0.05, 0) is 30.7 Å². The molecular formula is C20H18ClFN4. The highest BCUT2D eigenvalue weighted by Crippen LogP contribution is 2.33. The van der Waals surface area contributed by atoms with Crippen molar-refractivity contribution in [2.45, 2.75) is 13.0 Å². The molecule has 0 aliphatic carbocycles. The Balaban J connectivity index is 2.01. The Morgan fingerprint density at radius 1 is 1.31 bits per heavy atom. The number of fused-ring (bicyclic) bond motifs is 1. The third-order valence-electron chi connectivity index (χ3n) is 4.22. The zero-order valence-corrected chi connectivity index (χ0v) is 14.9. The van der Waals surface area contributed by atoms with Crippen LogP contribution in [-0.2, 0) is 0 Å². The molecule has 0 saturated carbocycles. The van der Waals surface area contributed by atoms with Crippen molar-refractivity contribution in [3.05, 3.63) is 76.8 Å². The van der Waals surface area contributed by atoms with Gasteiger partial charge >= 0.3 is 0 Å². The Labute approximate surface area is 156 Å². The van der Waals surface area contributed by atoms with Gasteiger partial charge in [0.2, 0.25) is 0 Å². The maximum atomic E-state index is 14.4. The first-order valence-electron chi connectivity index (χ1n) is 8.07. The van der Waals surface area contributed by atoms with Gasteiger partial charge in [0, 0.05) is 35.1 Å². The Bertz CT molecular complexity index is 1000. The molecule has 132 valence electrons. The fourth-order valence-corrected chi connectivity index (χ4v) is 3.05. The van der Waals surface area contributed by atoms with E-state index in [1.807, 2.05) is 31.2 Å². The second kappa shape index (κ2) is 7.54. The smallest absolute Gasteiger partial charge is 0.128 e. The van der Waals surface area contributed by atoms with Crippen LogP contribution in [0.3, 0.4) is 0 Å². The predicted octanol–water partition coefficient (Wildman–Crippen LogP) is 5.15. The molecule has 1 heterocycles. The van der Waals surface area contributed by atoms with Crippen LogP contribution in [0.25, 0.3) is 16.5 Å². The molecule has 0 saturated heterocycles. The quantitative estimate of drug-likeness (QED) is 0.545. The van der Waals surface area contributed by atoms with E-state index in [-0.39, 0.29) is 11.9 Å². The van der Waals surface area contributed by atoms with Gasteiger partial charge in [0.05, 0.1) is 22.3 Å². The maximum Gasteiger partial charge on any atom is 0.128 e. The number of nitrogens with two attached hydrogens (primary N) is 1. The van der Waals surface area contributed by atoms with E-state index in [1.54, 1.807) is 18.3 Å². The molecule has 3 aromatic rings. The highest BCUT2D eigenvalue weighted by atomic mass is 35.5. The number of rotatable bonds is 5. The summed E-state index contributed by atoms with van der Waals surface area (Å²) in [5, 5.41) is 12.0. The highest BCUT2D eigenvalue weighted by molar-refractivity contribution is 6.34. The summed E-state index contributed by atoms with van der Waals surface area (Å²) in [6.07, 6.45) is 4.05. The molecule has 4 nitrogen and oxygen atoms in total. The molecule has 26 heavy (non-hydrogen) atoms. The molecule has 2 aromatic carbocycles. The lowest BCUT2D eigenvalue weighted by molar-refractivity contribution is 0.600. The van der Waals surface area contributed by atoms with Gasteiger partial charge in [-0.1, -0.05) is 35.9 Å². The molecule has 4 N–H and O–H groups in total. The number of aromatic nitrogens is 1. The molecule has 3 rings (SSSR count). The van der Waals surface area contributed by atoms with E-state index in [4.69, 9.17) is 22.7 Å². The summed E-state index contributed by atoms with van der Waals surface area (Å²) in [5.41, 5.74) is 8.70. The molecular weight excluding hydrogens is 351 g/mol. The van der Waals surface area contributed by atoms with Crippen molar-refractivity contribution in [1.82, 2.24) is 4.98 Å². The molecule has 0 radical (unpaired) electrons. The van der Waals surface area contributed by atoms with E-state index in [9.17, 15) is 4.39 Å². The van der Waals surface area contributed by atoms with E-state index < -0.39 is 0 Å². The molecule has 0 aliphatic heterocycles. The van der Waals surface area contributed by atoms with Crippen LogP contribution in [0.5, 0.6) is 0 Å². The van der Waals surface area contributed by atoms with Crippen LogP contribution in [-0.4, -0.2) is 11.2 Å². The number of allylic oxidation sites excluding steroid dienone is 1. The van der Waals surface area contributed by atoms with Gasteiger partial charge in [0.15, 0.2) is 0 Å². The minimum absolute atomic E-state index is 0.343. The lowest BCUT2D eigenvalue weighted by Gasteiger charge is -2.19. The van der Waals surface area contributed by atoms with E-state index in [1.165, 1.54) is 12.3 Å². The van der Waals surface area contributed by atoms with Crippen molar-refractivity contribution in [3.8, 4) is 0 Å². The summed E-state index contributed by atoms with van der Waals surface area (Å²) in [7, 11) is 0. The standard InChI is InChI=1S/C20H18ClFN4/c1-12(16-8-13(6-7-18(16)22)14(9-23)10-24)26-20-15-4-2-3-5-19(15)25-11-17(20)21/h2-12,23H,24H2,1H3,(H,25,26)/b14-10+,23-9?. The lowest BCUT2D eigenvalue weighted by Crippen LogP contribution is -2.10. The summed E-state index contributed by atoms with van der Waals surface area (Å²) >= 11 is 6.33. The average molecular weight is 369 g/mol. The van der Waals surface area contributed by atoms with Crippen molar-refractivity contribution >= 4 is 40.0 Å². The van der Waals surface area contributed by atoms with Gasteiger partial charge in [-0.3, -0.25) is 4.98 Å². The van der Waals surface area contributed by atoms with Gasteiger partial charge in [0.25, 0.3) is 0 Å². The first kappa shape index (κ1) is 17.9. The second-order valence-corrected chi connectivity index (χ2v) is 6.27. The number of hydrogen-bond donors (Lipinski definition) is 3. The third kappa shape index (κ3) is 3.39. The Kier molecular flexibility index (Phi) is 5.19. The zero-order chi connectivity index (χ0) is 18.7. The van der Waals surface area contributed by atoms with Crippen LogP contribution in [0.4, 0.5) is 10.1 Å². The Hall–Kier alpha value is -2.92. The number of nitrogens with one attached hydrogen (secondary N) is 2. The number of nitrogens with zero attached hydrogens (tertiary/aromatic N) is 1. The Morgan fingerprint density at radius 2 is 2.08 bits per heavy atom. The van der Waals surface area contributed by atoms with Crippen LogP contribution in [0.1, 0.15) is 24.1 Å². The second-order valence-electron chi connectivity index (χ2n) is 5.87. The fraction of sp³-hybridized carbons (Fsp3) is 0.100. The molecule has 1 aromatic heterocycles. The summed E-state index contributed by atoms with van der Waals surface area (Å²) in [6.45, 7) is 1.85. The van der Waals surface area contributed by atoms with Crippen molar-refractivity contribution < 1.29 is 4.39 Å². The topological polar surface area (TPSA) is 74.8 Å². The van der Waals surface area contributed by atoms with Gasteiger partial charge < -0.3 is 16.5 Å². The Morgan fingerprint density at radius 3 is 2.81 bits per heavy atom. The molecule has 1 atom stereocenters. The first-order chi connectivity index (χ1) is 12.5. The molecule has 0 aliphatic rings. The number of benzene rings is 2. The summed E-state index contributed by atoms with van der Waals surface area (Å²) in [4.78, 5) is 4.31. The van der Waals surface area contributed by atoms with Crippen molar-refractivity contribution in [2.75, 3.05) is 5.32 Å². The van der Waals surface area contributed by atoms with E-state index >= 15 is 0 Å². The number of hydrogen-bond acceptors (Lipinski definition) is 4. The predicted molar refractivity (Wildman–Crippen MR) is 106 cm³/mol.